The van der Waals surface area contributed by atoms with Crippen LogP contribution in [0.2, 0.25) is 0 Å². The van der Waals surface area contributed by atoms with Crippen LogP contribution in [0.3, 0.4) is 0 Å². The highest BCUT2D eigenvalue weighted by atomic mass is 32.2. The molecule has 1 N–H and O–H groups in total. The van der Waals surface area contributed by atoms with Crippen LogP contribution < -0.4 is 10.1 Å². The molecule has 26 heavy (non-hydrogen) atoms. The van der Waals surface area contributed by atoms with Crippen LogP contribution in [0.4, 0.5) is 5.69 Å². The Morgan fingerprint density at radius 1 is 1.12 bits per heavy atom. The third kappa shape index (κ3) is 4.32. The van der Waals surface area contributed by atoms with Gasteiger partial charge in [0, 0.05) is 5.75 Å². The molecule has 0 atom stereocenters. The SMILES string of the molecule is COc1ccc(C)cc1NC(=O)CSCc1nc2ccccc2nc1C. The van der Waals surface area contributed by atoms with Crippen molar-refractivity contribution < 1.29 is 9.53 Å². The van der Waals surface area contributed by atoms with E-state index in [-0.39, 0.29) is 5.91 Å². The molecule has 0 bridgehead atoms. The first-order valence-electron chi connectivity index (χ1n) is 8.31. The smallest absolute Gasteiger partial charge is 0.234 e. The van der Waals surface area contributed by atoms with Gasteiger partial charge in [0.1, 0.15) is 5.75 Å². The summed E-state index contributed by atoms with van der Waals surface area (Å²) in [4.78, 5) is 21.5. The fourth-order valence-electron chi connectivity index (χ4n) is 2.61. The van der Waals surface area contributed by atoms with Crippen LogP contribution in [-0.2, 0) is 10.5 Å². The highest BCUT2D eigenvalue weighted by Crippen LogP contribution is 2.25. The Hall–Kier alpha value is -2.60. The fraction of sp³-hybridized carbons (Fsp3) is 0.250. The molecule has 0 aliphatic carbocycles. The molecule has 2 aromatic carbocycles. The number of para-hydroxylation sites is 2. The molecule has 0 spiro atoms. The summed E-state index contributed by atoms with van der Waals surface area (Å²) in [6.07, 6.45) is 0. The van der Waals surface area contributed by atoms with Crippen molar-refractivity contribution in [1.29, 1.82) is 0 Å². The Morgan fingerprint density at radius 3 is 2.58 bits per heavy atom. The lowest BCUT2D eigenvalue weighted by Crippen LogP contribution is -2.15. The third-order valence-corrected chi connectivity index (χ3v) is 4.89. The molecule has 1 aromatic heterocycles. The predicted octanol–water partition coefficient (Wildman–Crippen LogP) is 4.13. The van der Waals surface area contributed by atoms with Crippen LogP contribution in [0.5, 0.6) is 5.75 Å². The van der Waals surface area contributed by atoms with Gasteiger partial charge in [0.05, 0.1) is 41.0 Å². The van der Waals surface area contributed by atoms with Gasteiger partial charge in [-0.3, -0.25) is 4.79 Å². The average molecular weight is 367 g/mol. The van der Waals surface area contributed by atoms with Crippen LogP contribution in [0.1, 0.15) is 17.0 Å². The van der Waals surface area contributed by atoms with E-state index in [9.17, 15) is 4.79 Å². The maximum Gasteiger partial charge on any atom is 0.234 e. The van der Waals surface area contributed by atoms with Crippen molar-refractivity contribution in [3.8, 4) is 5.75 Å². The van der Waals surface area contributed by atoms with E-state index in [1.54, 1.807) is 7.11 Å². The van der Waals surface area contributed by atoms with Gasteiger partial charge in [-0.15, -0.1) is 11.8 Å². The lowest BCUT2D eigenvalue weighted by molar-refractivity contribution is -0.113. The number of anilines is 1. The molecule has 0 saturated heterocycles. The maximum atomic E-state index is 12.3. The minimum Gasteiger partial charge on any atom is -0.495 e. The number of hydrogen-bond donors (Lipinski definition) is 1. The zero-order valence-electron chi connectivity index (χ0n) is 15.1. The summed E-state index contributed by atoms with van der Waals surface area (Å²) in [5.74, 6) is 1.57. The predicted molar refractivity (Wildman–Crippen MR) is 107 cm³/mol. The monoisotopic (exact) mass is 367 g/mol. The van der Waals surface area contributed by atoms with Gasteiger partial charge in [0.15, 0.2) is 0 Å². The molecule has 0 saturated carbocycles. The van der Waals surface area contributed by atoms with Crippen molar-refractivity contribution in [3.05, 3.63) is 59.4 Å². The van der Waals surface area contributed by atoms with Gasteiger partial charge in [-0.05, 0) is 43.7 Å². The van der Waals surface area contributed by atoms with Crippen LogP contribution >= 0.6 is 11.8 Å². The summed E-state index contributed by atoms with van der Waals surface area (Å²) in [6.45, 7) is 3.93. The van der Waals surface area contributed by atoms with Crippen molar-refractivity contribution in [2.24, 2.45) is 0 Å². The van der Waals surface area contributed by atoms with E-state index in [1.165, 1.54) is 11.8 Å². The average Bonchev–Trinajstić information content (AvgIpc) is 2.62. The molecule has 3 aromatic rings. The van der Waals surface area contributed by atoms with E-state index >= 15 is 0 Å². The van der Waals surface area contributed by atoms with E-state index in [2.05, 4.69) is 15.3 Å². The molecule has 134 valence electrons. The molecule has 1 amide bonds. The van der Waals surface area contributed by atoms with Gasteiger partial charge in [-0.25, -0.2) is 9.97 Å². The number of thioether (sulfide) groups is 1. The largest absolute Gasteiger partial charge is 0.495 e. The van der Waals surface area contributed by atoms with Crippen LogP contribution in [0.15, 0.2) is 42.5 Å². The molecule has 5 nitrogen and oxygen atoms in total. The maximum absolute atomic E-state index is 12.3. The van der Waals surface area contributed by atoms with Crippen LogP contribution in [0.25, 0.3) is 11.0 Å². The second-order valence-electron chi connectivity index (χ2n) is 5.99. The summed E-state index contributed by atoms with van der Waals surface area (Å²) in [5, 5.41) is 2.91. The lowest BCUT2D eigenvalue weighted by Gasteiger charge is -2.11. The highest BCUT2D eigenvalue weighted by Gasteiger charge is 2.10. The number of aryl methyl sites for hydroxylation is 2. The topological polar surface area (TPSA) is 64.1 Å². The van der Waals surface area contributed by atoms with Crippen LogP contribution in [0, 0.1) is 13.8 Å². The first-order valence-corrected chi connectivity index (χ1v) is 9.47. The number of ether oxygens (including phenoxy) is 1. The van der Waals surface area contributed by atoms with E-state index in [1.807, 2.05) is 56.3 Å². The normalized spacial score (nSPS) is 10.7. The van der Waals surface area contributed by atoms with Gasteiger partial charge >= 0.3 is 0 Å². The van der Waals surface area contributed by atoms with Crippen molar-refractivity contribution in [3.63, 3.8) is 0 Å². The third-order valence-electron chi connectivity index (χ3n) is 3.94. The number of nitrogens with zero attached hydrogens (tertiary/aromatic N) is 2. The quantitative estimate of drug-likeness (QED) is 0.710. The lowest BCUT2D eigenvalue weighted by atomic mass is 10.2. The number of hydrogen-bond acceptors (Lipinski definition) is 5. The number of carbonyl (C=O) groups excluding carboxylic acids is 1. The number of nitrogens with one attached hydrogen (secondary N) is 1. The number of carbonyl (C=O) groups is 1. The Kier molecular flexibility index (Phi) is 5.73. The van der Waals surface area contributed by atoms with Gasteiger partial charge < -0.3 is 10.1 Å². The first kappa shape index (κ1) is 18.2. The van der Waals surface area contributed by atoms with Crippen molar-refractivity contribution in [2.75, 3.05) is 18.2 Å². The Bertz CT molecular complexity index is 943. The molecule has 0 aliphatic rings. The fourth-order valence-corrected chi connectivity index (χ4v) is 3.43. The number of fused-ring (bicyclic) bond motifs is 1. The van der Waals surface area contributed by atoms with E-state index in [4.69, 9.17) is 4.74 Å². The Labute approximate surface area is 157 Å². The number of rotatable bonds is 6. The van der Waals surface area contributed by atoms with Crippen molar-refractivity contribution >= 4 is 34.4 Å². The summed E-state index contributed by atoms with van der Waals surface area (Å²) in [7, 11) is 1.59. The van der Waals surface area contributed by atoms with Gasteiger partial charge in [-0.1, -0.05) is 18.2 Å². The van der Waals surface area contributed by atoms with Crippen LogP contribution in [-0.4, -0.2) is 28.7 Å². The summed E-state index contributed by atoms with van der Waals surface area (Å²) < 4.78 is 5.29. The van der Waals surface area contributed by atoms with Gasteiger partial charge in [-0.2, -0.15) is 0 Å². The summed E-state index contributed by atoms with van der Waals surface area (Å²) in [5.41, 5.74) is 5.34. The van der Waals surface area contributed by atoms with Gasteiger partial charge in [0.25, 0.3) is 0 Å². The molecule has 0 radical (unpaired) electrons. The Balaban J connectivity index is 1.60. The molecule has 1 heterocycles. The van der Waals surface area contributed by atoms with E-state index in [0.717, 1.165) is 28.0 Å². The minimum absolute atomic E-state index is 0.0645. The minimum atomic E-state index is -0.0645. The van der Waals surface area contributed by atoms with E-state index < -0.39 is 0 Å². The molecule has 0 aliphatic heterocycles. The zero-order chi connectivity index (χ0) is 18.5. The molecular weight excluding hydrogens is 346 g/mol. The number of amides is 1. The second kappa shape index (κ2) is 8.19. The number of benzene rings is 2. The molecule has 0 unspecified atom stereocenters. The van der Waals surface area contributed by atoms with Gasteiger partial charge in [0.2, 0.25) is 5.91 Å². The molecular formula is C20H21N3O2S. The molecule has 6 heteroatoms. The highest BCUT2D eigenvalue weighted by molar-refractivity contribution is 7.99. The number of aromatic nitrogens is 2. The summed E-state index contributed by atoms with van der Waals surface area (Å²) in [6, 6.07) is 13.5. The summed E-state index contributed by atoms with van der Waals surface area (Å²) >= 11 is 1.52. The first-order chi connectivity index (χ1) is 12.6. The second-order valence-corrected chi connectivity index (χ2v) is 6.97. The van der Waals surface area contributed by atoms with E-state index in [0.29, 0.717) is 22.9 Å². The number of methoxy groups -OCH3 is 1. The van der Waals surface area contributed by atoms with Crippen molar-refractivity contribution in [1.82, 2.24) is 9.97 Å². The standard InChI is InChI=1S/C20H21N3O2S/c1-13-8-9-19(25-3)17(10-13)23-20(24)12-26-11-18-14(2)21-15-6-4-5-7-16(15)22-18/h4-10H,11-12H2,1-3H3,(H,23,24). The molecule has 3 rings (SSSR count). The van der Waals surface area contributed by atoms with Crippen molar-refractivity contribution in [2.45, 2.75) is 19.6 Å². The zero-order valence-corrected chi connectivity index (χ0v) is 15.9. The molecule has 0 fully saturated rings. The Morgan fingerprint density at radius 2 is 1.85 bits per heavy atom.